The highest BCUT2D eigenvalue weighted by atomic mass is 79.9. The van der Waals surface area contributed by atoms with Crippen LogP contribution in [-0.4, -0.2) is 23.5 Å². The Morgan fingerprint density at radius 3 is 3.12 bits per heavy atom. The Morgan fingerprint density at radius 2 is 2.41 bits per heavy atom. The normalized spacial score (nSPS) is 19.3. The number of hydrogen-bond donors (Lipinski definition) is 1. The maximum atomic E-state index is 11.9. The molecular weight excluding hydrogens is 322 g/mol. The van der Waals surface area contributed by atoms with Crippen molar-refractivity contribution >= 4 is 45.2 Å². The molecule has 1 aliphatic heterocycles. The van der Waals surface area contributed by atoms with Crippen molar-refractivity contribution in [1.29, 1.82) is 0 Å². The molecule has 0 aliphatic carbocycles. The zero-order valence-electron chi connectivity index (χ0n) is 9.21. The molecule has 1 fully saturated rings. The van der Waals surface area contributed by atoms with Crippen molar-refractivity contribution in [2.45, 2.75) is 18.1 Å². The molecule has 1 atom stereocenters. The summed E-state index contributed by atoms with van der Waals surface area (Å²) >= 11 is 11.3. The molecule has 92 valence electrons. The van der Waals surface area contributed by atoms with E-state index in [4.69, 9.17) is 11.6 Å². The van der Waals surface area contributed by atoms with Crippen LogP contribution in [0.4, 0.5) is 0 Å². The lowest BCUT2D eigenvalue weighted by atomic mass is 10.2. The summed E-state index contributed by atoms with van der Waals surface area (Å²) < 4.78 is 0.752. The minimum atomic E-state index is -0.0937. The fraction of sp³-hybridized carbons (Fsp3) is 0.417. The quantitative estimate of drug-likeness (QED) is 0.912. The molecule has 1 aromatic carbocycles. The monoisotopic (exact) mass is 333 g/mol. The van der Waals surface area contributed by atoms with Crippen LogP contribution in [0.1, 0.15) is 23.2 Å². The van der Waals surface area contributed by atoms with Gasteiger partial charge in [-0.15, -0.1) is 0 Å². The van der Waals surface area contributed by atoms with Crippen molar-refractivity contribution in [1.82, 2.24) is 5.32 Å². The third-order valence-electron chi connectivity index (χ3n) is 2.71. The molecule has 5 heteroatoms. The van der Waals surface area contributed by atoms with Gasteiger partial charge in [-0.3, -0.25) is 4.79 Å². The fourth-order valence-corrected chi connectivity index (χ4v) is 3.57. The Labute approximate surface area is 119 Å². The van der Waals surface area contributed by atoms with E-state index in [2.05, 4.69) is 21.2 Å². The first-order valence-corrected chi connectivity index (χ1v) is 7.74. The summed E-state index contributed by atoms with van der Waals surface area (Å²) in [7, 11) is 0. The number of nitrogens with one attached hydrogen (secondary N) is 1. The van der Waals surface area contributed by atoms with Crippen molar-refractivity contribution in [3.63, 3.8) is 0 Å². The number of rotatable bonds is 3. The number of hydrogen-bond acceptors (Lipinski definition) is 2. The van der Waals surface area contributed by atoms with E-state index in [1.54, 1.807) is 6.07 Å². The minimum Gasteiger partial charge on any atom is -0.351 e. The molecule has 1 aliphatic rings. The Kier molecular flexibility index (Phi) is 4.77. The van der Waals surface area contributed by atoms with Crippen LogP contribution in [0.25, 0.3) is 0 Å². The molecule has 0 spiro atoms. The highest BCUT2D eigenvalue weighted by Gasteiger charge is 2.18. The number of thioether (sulfide) groups is 1. The van der Waals surface area contributed by atoms with Gasteiger partial charge in [0.05, 0.1) is 10.6 Å². The van der Waals surface area contributed by atoms with Gasteiger partial charge in [-0.1, -0.05) is 17.7 Å². The average molecular weight is 335 g/mol. The van der Waals surface area contributed by atoms with Gasteiger partial charge in [0.1, 0.15) is 0 Å². The standard InChI is InChI=1S/C12H13BrClNOS/c13-10-5-1-4-9(11(10)14)12(16)15-7-8-3-2-6-17-8/h1,4-5,8H,2-3,6-7H2,(H,15,16). The van der Waals surface area contributed by atoms with E-state index in [1.807, 2.05) is 23.9 Å². The van der Waals surface area contributed by atoms with E-state index in [9.17, 15) is 4.79 Å². The third-order valence-corrected chi connectivity index (χ3v) is 5.40. The second-order valence-corrected chi connectivity index (χ2v) is 6.59. The van der Waals surface area contributed by atoms with Gasteiger partial charge in [0.2, 0.25) is 0 Å². The van der Waals surface area contributed by atoms with Crippen LogP contribution in [0.2, 0.25) is 5.02 Å². The van der Waals surface area contributed by atoms with Crippen molar-refractivity contribution in [2.75, 3.05) is 12.3 Å². The van der Waals surface area contributed by atoms with Crippen LogP contribution in [-0.2, 0) is 0 Å². The molecule has 17 heavy (non-hydrogen) atoms. The predicted octanol–water partition coefficient (Wildman–Crippen LogP) is 3.73. The summed E-state index contributed by atoms with van der Waals surface area (Å²) in [5.74, 6) is 1.11. The van der Waals surface area contributed by atoms with Gasteiger partial charge >= 0.3 is 0 Å². The van der Waals surface area contributed by atoms with Gasteiger partial charge in [-0.05, 0) is 46.7 Å². The van der Waals surface area contributed by atoms with Gasteiger partial charge < -0.3 is 5.32 Å². The van der Waals surface area contributed by atoms with Crippen molar-refractivity contribution in [2.24, 2.45) is 0 Å². The number of carbonyl (C=O) groups excluding carboxylic acids is 1. The summed E-state index contributed by atoms with van der Waals surface area (Å²) in [5, 5.41) is 3.98. The van der Waals surface area contributed by atoms with E-state index in [0.29, 0.717) is 15.8 Å². The smallest absolute Gasteiger partial charge is 0.252 e. The number of halogens is 2. The zero-order valence-corrected chi connectivity index (χ0v) is 12.4. The molecule has 1 aromatic rings. The number of amides is 1. The summed E-state index contributed by atoms with van der Waals surface area (Å²) in [5.41, 5.74) is 0.532. The first-order chi connectivity index (χ1) is 8.18. The Balaban J connectivity index is 1.97. The minimum absolute atomic E-state index is 0.0937. The molecule has 1 amide bonds. The van der Waals surface area contributed by atoms with Crippen LogP contribution < -0.4 is 5.32 Å². The summed E-state index contributed by atoms with van der Waals surface area (Å²) in [6, 6.07) is 5.38. The lowest BCUT2D eigenvalue weighted by Gasteiger charge is -2.11. The maximum Gasteiger partial charge on any atom is 0.252 e. The number of carbonyl (C=O) groups is 1. The van der Waals surface area contributed by atoms with Gasteiger partial charge in [0, 0.05) is 16.3 Å². The first kappa shape index (κ1) is 13.2. The Hall–Kier alpha value is -0.190. The SMILES string of the molecule is O=C(NCC1CCCS1)c1cccc(Br)c1Cl. The largest absolute Gasteiger partial charge is 0.351 e. The molecule has 1 heterocycles. The number of benzene rings is 1. The molecule has 0 aromatic heterocycles. The molecule has 0 radical (unpaired) electrons. The molecule has 1 N–H and O–H groups in total. The van der Waals surface area contributed by atoms with E-state index in [0.717, 1.165) is 11.0 Å². The predicted molar refractivity (Wildman–Crippen MR) is 77.0 cm³/mol. The van der Waals surface area contributed by atoms with Crippen molar-refractivity contribution in [3.8, 4) is 0 Å². The lowest BCUT2D eigenvalue weighted by molar-refractivity contribution is 0.0954. The van der Waals surface area contributed by atoms with Gasteiger partial charge in [0.25, 0.3) is 5.91 Å². The van der Waals surface area contributed by atoms with Crippen LogP contribution in [0, 0.1) is 0 Å². The zero-order chi connectivity index (χ0) is 12.3. The van der Waals surface area contributed by atoms with Crippen LogP contribution in [0.3, 0.4) is 0 Å². The maximum absolute atomic E-state index is 11.9. The van der Waals surface area contributed by atoms with E-state index >= 15 is 0 Å². The first-order valence-electron chi connectivity index (χ1n) is 5.52. The summed E-state index contributed by atoms with van der Waals surface area (Å²) in [6.45, 7) is 0.729. The molecule has 2 rings (SSSR count). The second kappa shape index (κ2) is 6.12. The highest BCUT2D eigenvalue weighted by Crippen LogP contribution is 2.27. The third kappa shape index (κ3) is 3.39. The molecule has 1 saturated heterocycles. The fourth-order valence-electron chi connectivity index (χ4n) is 1.79. The lowest BCUT2D eigenvalue weighted by Crippen LogP contribution is -2.29. The highest BCUT2D eigenvalue weighted by molar-refractivity contribution is 9.10. The summed E-state index contributed by atoms with van der Waals surface area (Å²) in [6.07, 6.45) is 2.44. The summed E-state index contributed by atoms with van der Waals surface area (Å²) in [4.78, 5) is 11.9. The van der Waals surface area contributed by atoms with E-state index < -0.39 is 0 Å². The van der Waals surface area contributed by atoms with Crippen molar-refractivity contribution < 1.29 is 4.79 Å². The molecule has 2 nitrogen and oxygen atoms in total. The van der Waals surface area contributed by atoms with E-state index in [1.165, 1.54) is 18.6 Å². The molecule has 0 saturated carbocycles. The average Bonchev–Trinajstić information content (AvgIpc) is 2.82. The van der Waals surface area contributed by atoms with E-state index in [-0.39, 0.29) is 5.91 Å². The Bertz CT molecular complexity index is 421. The van der Waals surface area contributed by atoms with Crippen LogP contribution in [0.5, 0.6) is 0 Å². The molecule has 0 bridgehead atoms. The van der Waals surface area contributed by atoms with Crippen LogP contribution >= 0.6 is 39.3 Å². The Morgan fingerprint density at radius 1 is 1.59 bits per heavy atom. The molecular formula is C12H13BrClNOS. The van der Waals surface area contributed by atoms with Gasteiger partial charge in [-0.25, -0.2) is 0 Å². The molecule has 1 unspecified atom stereocenters. The second-order valence-electron chi connectivity index (χ2n) is 3.95. The topological polar surface area (TPSA) is 29.1 Å². The van der Waals surface area contributed by atoms with Gasteiger partial charge in [-0.2, -0.15) is 11.8 Å². The van der Waals surface area contributed by atoms with Crippen molar-refractivity contribution in [3.05, 3.63) is 33.3 Å². The van der Waals surface area contributed by atoms with Crippen LogP contribution in [0.15, 0.2) is 22.7 Å². The van der Waals surface area contributed by atoms with Gasteiger partial charge in [0.15, 0.2) is 0 Å².